The number of hydrazine groups is 1. The van der Waals surface area contributed by atoms with Gasteiger partial charge in [-0.1, -0.05) is 0 Å². The molecule has 2 unspecified atom stereocenters. The molecule has 1 aromatic heterocycles. The molecule has 0 saturated carbocycles. The minimum Gasteiger partial charge on any atom is -0.480 e. The molecule has 0 radical (unpaired) electrons. The summed E-state index contributed by atoms with van der Waals surface area (Å²) in [7, 11) is 0. The molecule has 0 amide bonds. The maximum absolute atomic E-state index is 10.7. The number of nitrogens with zero attached hydrogens (tertiary/aromatic N) is 1. The number of rotatable bonds is 2. The molecule has 5 nitrogen and oxygen atoms in total. The van der Waals surface area contributed by atoms with Crippen LogP contribution >= 0.6 is 0 Å². The lowest BCUT2D eigenvalue weighted by atomic mass is 10.0. The van der Waals surface area contributed by atoms with Gasteiger partial charge in [-0.15, -0.1) is 0 Å². The van der Waals surface area contributed by atoms with Crippen molar-refractivity contribution in [3.8, 4) is 0 Å². The predicted octanol–water partition coefficient (Wildman–Crippen LogP) is 0.0738. The van der Waals surface area contributed by atoms with Crippen molar-refractivity contribution in [2.24, 2.45) is 0 Å². The fraction of sp³-hybridized carbons (Fsp3) is 0.333. The van der Waals surface area contributed by atoms with Gasteiger partial charge in [-0.25, -0.2) is 10.9 Å². The molecule has 2 atom stereocenters. The van der Waals surface area contributed by atoms with Crippen LogP contribution in [0.1, 0.15) is 18.0 Å². The summed E-state index contributed by atoms with van der Waals surface area (Å²) in [6.45, 7) is 0. The highest BCUT2D eigenvalue weighted by molar-refractivity contribution is 5.73. The molecule has 0 aromatic carbocycles. The first-order valence-electron chi connectivity index (χ1n) is 4.41. The van der Waals surface area contributed by atoms with Crippen LogP contribution in [0, 0.1) is 0 Å². The molecule has 1 saturated heterocycles. The number of carboxylic acids is 1. The predicted molar refractivity (Wildman–Crippen MR) is 49.3 cm³/mol. The monoisotopic (exact) mass is 193 g/mol. The maximum Gasteiger partial charge on any atom is 0.322 e. The smallest absolute Gasteiger partial charge is 0.322 e. The van der Waals surface area contributed by atoms with Gasteiger partial charge in [0.1, 0.15) is 6.04 Å². The highest BCUT2D eigenvalue weighted by atomic mass is 16.4. The summed E-state index contributed by atoms with van der Waals surface area (Å²) in [6.07, 6.45) is 3.95. The molecule has 0 spiro atoms. The van der Waals surface area contributed by atoms with E-state index < -0.39 is 12.0 Å². The molecule has 74 valence electrons. The average molecular weight is 193 g/mol. The van der Waals surface area contributed by atoms with Crippen molar-refractivity contribution in [2.75, 3.05) is 0 Å². The second-order valence-corrected chi connectivity index (χ2v) is 3.25. The van der Waals surface area contributed by atoms with Crippen LogP contribution in [-0.4, -0.2) is 22.1 Å². The van der Waals surface area contributed by atoms with Gasteiger partial charge in [-0.3, -0.25) is 9.78 Å². The third kappa shape index (κ3) is 1.73. The summed E-state index contributed by atoms with van der Waals surface area (Å²) in [5.41, 5.74) is 6.73. The van der Waals surface area contributed by atoms with E-state index in [2.05, 4.69) is 15.8 Å². The fourth-order valence-electron chi connectivity index (χ4n) is 1.53. The zero-order valence-electron chi connectivity index (χ0n) is 7.47. The third-order valence-corrected chi connectivity index (χ3v) is 2.31. The van der Waals surface area contributed by atoms with Gasteiger partial charge in [0, 0.05) is 18.4 Å². The lowest BCUT2D eigenvalue weighted by Crippen LogP contribution is -2.36. The van der Waals surface area contributed by atoms with Gasteiger partial charge in [0.15, 0.2) is 0 Å². The quantitative estimate of drug-likeness (QED) is 0.620. The van der Waals surface area contributed by atoms with Crippen molar-refractivity contribution < 1.29 is 9.90 Å². The van der Waals surface area contributed by atoms with Gasteiger partial charge in [0.05, 0.1) is 0 Å². The van der Waals surface area contributed by atoms with Gasteiger partial charge in [-0.05, 0) is 24.1 Å². The number of aromatic nitrogens is 1. The van der Waals surface area contributed by atoms with E-state index in [0.717, 1.165) is 5.56 Å². The van der Waals surface area contributed by atoms with E-state index >= 15 is 0 Å². The van der Waals surface area contributed by atoms with Crippen LogP contribution in [0.3, 0.4) is 0 Å². The average Bonchev–Trinajstić information content (AvgIpc) is 2.68. The zero-order chi connectivity index (χ0) is 9.97. The SMILES string of the molecule is O=C(O)C1CC(c2ccncc2)NN1. The summed E-state index contributed by atoms with van der Waals surface area (Å²) in [5, 5.41) is 8.76. The number of hydrogen-bond donors (Lipinski definition) is 3. The Morgan fingerprint density at radius 3 is 2.71 bits per heavy atom. The number of hydrogen-bond acceptors (Lipinski definition) is 4. The van der Waals surface area contributed by atoms with E-state index in [4.69, 9.17) is 5.11 Å². The molecule has 1 aliphatic heterocycles. The third-order valence-electron chi connectivity index (χ3n) is 2.31. The van der Waals surface area contributed by atoms with E-state index in [9.17, 15) is 4.79 Å². The standard InChI is InChI=1S/C9H11N3O2/c13-9(14)8-5-7(11-12-8)6-1-3-10-4-2-6/h1-4,7-8,11-12H,5H2,(H,13,14). The van der Waals surface area contributed by atoms with E-state index in [1.807, 2.05) is 12.1 Å². The second-order valence-electron chi connectivity index (χ2n) is 3.25. The van der Waals surface area contributed by atoms with Crippen molar-refractivity contribution in [3.05, 3.63) is 30.1 Å². The number of nitrogens with one attached hydrogen (secondary N) is 2. The van der Waals surface area contributed by atoms with Gasteiger partial charge in [0.2, 0.25) is 0 Å². The molecular formula is C9H11N3O2. The van der Waals surface area contributed by atoms with E-state index in [1.54, 1.807) is 12.4 Å². The molecular weight excluding hydrogens is 182 g/mol. The molecule has 2 rings (SSSR count). The zero-order valence-corrected chi connectivity index (χ0v) is 7.47. The highest BCUT2D eigenvalue weighted by Gasteiger charge is 2.29. The summed E-state index contributed by atoms with van der Waals surface area (Å²) < 4.78 is 0. The van der Waals surface area contributed by atoms with E-state index in [0.29, 0.717) is 6.42 Å². The minimum absolute atomic E-state index is 0.0547. The van der Waals surface area contributed by atoms with Crippen molar-refractivity contribution in [2.45, 2.75) is 18.5 Å². The van der Waals surface area contributed by atoms with Crippen LogP contribution in [0.25, 0.3) is 0 Å². The van der Waals surface area contributed by atoms with Crippen molar-refractivity contribution in [1.82, 2.24) is 15.8 Å². The van der Waals surface area contributed by atoms with Gasteiger partial charge in [0.25, 0.3) is 0 Å². The van der Waals surface area contributed by atoms with Crippen LogP contribution in [0.5, 0.6) is 0 Å². The summed E-state index contributed by atoms with van der Waals surface area (Å²) in [4.78, 5) is 14.6. The Morgan fingerprint density at radius 1 is 1.43 bits per heavy atom. The molecule has 14 heavy (non-hydrogen) atoms. The molecule has 1 fully saturated rings. The largest absolute Gasteiger partial charge is 0.480 e. The number of aliphatic carboxylic acids is 1. The molecule has 2 heterocycles. The number of carboxylic acid groups (broad SMARTS) is 1. The molecule has 1 aromatic rings. The topological polar surface area (TPSA) is 74.2 Å². The first-order valence-corrected chi connectivity index (χ1v) is 4.41. The Balaban J connectivity index is 2.06. The summed E-state index contributed by atoms with van der Waals surface area (Å²) in [6, 6.07) is 3.31. The number of pyridine rings is 1. The Hall–Kier alpha value is -1.46. The molecule has 1 aliphatic rings. The fourth-order valence-corrected chi connectivity index (χ4v) is 1.53. The summed E-state index contributed by atoms with van der Waals surface area (Å²) >= 11 is 0. The van der Waals surface area contributed by atoms with Crippen LogP contribution in [0.15, 0.2) is 24.5 Å². The molecule has 3 N–H and O–H groups in total. The maximum atomic E-state index is 10.7. The van der Waals surface area contributed by atoms with E-state index in [-0.39, 0.29) is 6.04 Å². The lowest BCUT2D eigenvalue weighted by Gasteiger charge is -2.07. The Bertz CT molecular complexity index is 328. The van der Waals surface area contributed by atoms with E-state index in [1.165, 1.54) is 0 Å². The minimum atomic E-state index is -0.825. The van der Waals surface area contributed by atoms with Crippen molar-refractivity contribution in [3.63, 3.8) is 0 Å². The Labute approximate surface area is 81.1 Å². The van der Waals surface area contributed by atoms with Crippen molar-refractivity contribution in [1.29, 1.82) is 0 Å². The number of carbonyl (C=O) groups is 1. The second kappa shape index (κ2) is 3.73. The first-order chi connectivity index (χ1) is 6.77. The molecule has 0 aliphatic carbocycles. The van der Waals surface area contributed by atoms with Gasteiger partial charge in [-0.2, -0.15) is 0 Å². The van der Waals surface area contributed by atoms with Gasteiger partial charge < -0.3 is 5.11 Å². The van der Waals surface area contributed by atoms with Crippen molar-refractivity contribution >= 4 is 5.97 Å². The molecule has 0 bridgehead atoms. The molecule has 5 heteroatoms. The highest BCUT2D eigenvalue weighted by Crippen LogP contribution is 2.21. The van der Waals surface area contributed by atoms with Crippen LogP contribution < -0.4 is 10.9 Å². The van der Waals surface area contributed by atoms with Crippen LogP contribution in [0.2, 0.25) is 0 Å². The Kier molecular flexibility index (Phi) is 2.43. The van der Waals surface area contributed by atoms with Gasteiger partial charge >= 0.3 is 5.97 Å². The normalized spacial score (nSPS) is 26.3. The van der Waals surface area contributed by atoms with Crippen LogP contribution in [-0.2, 0) is 4.79 Å². The first kappa shape index (κ1) is 9.11. The summed E-state index contributed by atoms with van der Waals surface area (Å²) in [5.74, 6) is -0.825. The Morgan fingerprint density at radius 2 is 2.14 bits per heavy atom. The van der Waals surface area contributed by atoms with Crippen LogP contribution in [0.4, 0.5) is 0 Å². The lowest BCUT2D eigenvalue weighted by molar-refractivity contribution is -0.139.